The lowest BCUT2D eigenvalue weighted by atomic mass is 9.88. The van der Waals surface area contributed by atoms with Gasteiger partial charge in [-0.3, -0.25) is 0 Å². The van der Waals surface area contributed by atoms with E-state index in [0.29, 0.717) is 0 Å². The second-order valence-corrected chi connectivity index (χ2v) is 5.33. The Morgan fingerprint density at radius 2 is 1.93 bits per heavy atom. The van der Waals surface area contributed by atoms with Gasteiger partial charge in [0, 0.05) is 0 Å². The molecule has 0 aromatic heterocycles. The van der Waals surface area contributed by atoms with Gasteiger partial charge in [0.05, 0.1) is 0 Å². The minimum absolute atomic E-state index is 0.752. The van der Waals surface area contributed by atoms with Gasteiger partial charge in [-0.1, -0.05) is 61.6 Å². The first kappa shape index (κ1) is 12.6. The highest BCUT2D eigenvalue weighted by Gasteiger charge is 2.42. The molecule has 1 heteroatoms. The molecule has 83 valence electrons. The molecule has 1 fully saturated rings. The van der Waals surface area contributed by atoms with Crippen molar-refractivity contribution in [3.63, 3.8) is 0 Å². The summed E-state index contributed by atoms with van der Waals surface area (Å²) >= 11 is 0. The van der Waals surface area contributed by atoms with Gasteiger partial charge in [0.15, 0.2) is 0 Å². The molecule has 0 spiro atoms. The fourth-order valence-corrected chi connectivity index (χ4v) is 2.27. The van der Waals surface area contributed by atoms with Crippen LogP contribution in [0.5, 0.6) is 0 Å². The van der Waals surface area contributed by atoms with Crippen molar-refractivity contribution >= 4 is 7.28 Å². The van der Waals surface area contributed by atoms with E-state index in [9.17, 15) is 0 Å². The summed E-state index contributed by atoms with van der Waals surface area (Å²) in [5, 5.41) is 0. The molecule has 0 saturated carbocycles. The first-order chi connectivity index (χ1) is 6.97. The van der Waals surface area contributed by atoms with Crippen molar-refractivity contribution in [1.82, 2.24) is 0 Å². The Balaban J connectivity index is 2.72. The SMILES string of the molecule is C=C(C)C/C(=C(\C)CC)C1[B]C1C(C)C. The Morgan fingerprint density at radius 1 is 1.33 bits per heavy atom. The van der Waals surface area contributed by atoms with Crippen LogP contribution in [0.3, 0.4) is 0 Å². The molecule has 0 aromatic rings. The zero-order chi connectivity index (χ0) is 11.6. The van der Waals surface area contributed by atoms with Crippen molar-refractivity contribution in [2.75, 3.05) is 0 Å². The van der Waals surface area contributed by atoms with Crippen LogP contribution in [0.15, 0.2) is 23.3 Å². The molecule has 1 aliphatic heterocycles. The normalized spacial score (nSPS) is 26.0. The molecule has 1 radical (unpaired) electrons. The van der Waals surface area contributed by atoms with Gasteiger partial charge in [-0.25, -0.2) is 0 Å². The Labute approximate surface area is 96.1 Å². The van der Waals surface area contributed by atoms with Gasteiger partial charge in [0.2, 0.25) is 0 Å². The molecule has 0 aliphatic carbocycles. The largest absolute Gasteiger partial charge is 0.122 e. The van der Waals surface area contributed by atoms with Crippen LogP contribution in [0.1, 0.15) is 47.5 Å². The summed E-state index contributed by atoms with van der Waals surface area (Å²) in [6.07, 6.45) is 2.28. The standard InChI is InChI=1S/C14H24B/c1-7-11(6)12(8-9(2)3)14-13(15-14)10(4)5/h10,13-14H,2,7-8H2,1,3-6H3/b12-11-. The quantitative estimate of drug-likeness (QED) is 0.451. The van der Waals surface area contributed by atoms with Crippen LogP contribution in [0.25, 0.3) is 0 Å². The number of hydrogen-bond donors (Lipinski definition) is 0. The van der Waals surface area contributed by atoms with Gasteiger partial charge >= 0.3 is 0 Å². The lowest BCUT2D eigenvalue weighted by Gasteiger charge is -2.14. The van der Waals surface area contributed by atoms with E-state index in [1.165, 1.54) is 12.0 Å². The smallest absolute Gasteiger partial charge is 0.0998 e. The minimum atomic E-state index is 0.752. The summed E-state index contributed by atoms with van der Waals surface area (Å²) in [7, 11) is 2.50. The van der Waals surface area contributed by atoms with Crippen LogP contribution in [0, 0.1) is 5.92 Å². The van der Waals surface area contributed by atoms with E-state index in [1.54, 1.807) is 11.1 Å². The van der Waals surface area contributed by atoms with E-state index in [0.717, 1.165) is 24.0 Å². The van der Waals surface area contributed by atoms with Crippen molar-refractivity contribution in [1.29, 1.82) is 0 Å². The van der Waals surface area contributed by atoms with Gasteiger partial charge < -0.3 is 0 Å². The third-order valence-corrected chi connectivity index (χ3v) is 3.45. The van der Waals surface area contributed by atoms with Crippen LogP contribution in [0.4, 0.5) is 0 Å². The van der Waals surface area contributed by atoms with Crippen molar-refractivity contribution in [2.24, 2.45) is 5.92 Å². The Hall–Kier alpha value is -0.455. The van der Waals surface area contributed by atoms with E-state index in [4.69, 9.17) is 0 Å². The van der Waals surface area contributed by atoms with Crippen molar-refractivity contribution in [2.45, 2.75) is 59.1 Å². The highest BCUT2D eigenvalue weighted by molar-refractivity contribution is 6.55. The topological polar surface area (TPSA) is 0 Å². The van der Waals surface area contributed by atoms with E-state index < -0.39 is 0 Å². The van der Waals surface area contributed by atoms with Gasteiger partial charge in [-0.15, -0.1) is 0 Å². The molecule has 1 heterocycles. The van der Waals surface area contributed by atoms with Gasteiger partial charge in [0.25, 0.3) is 0 Å². The second kappa shape index (κ2) is 5.05. The molecule has 0 amide bonds. The molecule has 0 bridgehead atoms. The molecule has 2 atom stereocenters. The monoisotopic (exact) mass is 203 g/mol. The van der Waals surface area contributed by atoms with E-state index in [-0.39, 0.29) is 0 Å². The zero-order valence-electron chi connectivity index (χ0n) is 10.9. The summed E-state index contributed by atoms with van der Waals surface area (Å²) in [6, 6.07) is 0. The Bertz CT molecular complexity index is 273. The summed E-state index contributed by atoms with van der Waals surface area (Å²) < 4.78 is 0. The molecule has 1 saturated heterocycles. The highest BCUT2D eigenvalue weighted by Crippen LogP contribution is 2.54. The molecular formula is C14H24B. The summed E-state index contributed by atoms with van der Waals surface area (Å²) in [4.78, 5) is 0. The zero-order valence-corrected chi connectivity index (χ0v) is 10.9. The Morgan fingerprint density at radius 3 is 2.27 bits per heavy atom. The van der Waals surface area contributed by atoms with E-state index in [2.05, 4.69) is 48.5 Å². The van der Waals surface area contributed by atoms with Crippen LogP contribution in [-0.2, 0) is 0 Å². The molecule has 15 heavy (non-hydrogen) atoms. The van der Waals surface area contributed by atoms with Crippen LogP contribution in [-0.4, -0.2) is 7.28 Å². The maximum atomic E-state index is 4.04. The van der Waals surface area contributed by atoms with Gasteiger partial charge in [-0.05, 0) is 26.7 Å². The lowest BCUT2D eigenvalue weighted by molar-refractivity contribution is 0.636. The van der Waals surface area contributed by atoms with Crippen molar-refractivity contribution in [3.05, 3.63) is 23.3 Å². The maximum absolute atomic E-state index is 4.04. The van der Waals surface area contributed by atoms with E-state index >= 15 is 0 Å². The fraction of sp³-hybridized carbons (Fsp3) is 0.714. The number of allylic oxidation sites excluding steroid dienone is 3. The third kappa shape index (κ3) is 3.26. The van der Waals surface area contributed by atoms with Gasteiger partial charge in [-0.2, -0.15) is 0 Å². The third-order valence-electron chi connectivity index (χ3n) is 3.45. The number of rotatable bonds is 5. The second-order valence-electron chi connectivity index (χ2n) is 5.33. The van der Waals surface area contributed by atoms with E-state index in [1.807, 2.05) is 0 Å². The van der Waals surface area contributed by atoms with Crippen molar-refractivity contribution < 1.29 is 0 Å². The fourth-order valence-electron chi connectivity index (χ4n) is 2.27. The summed E-state index contributed by atoms with van der Waals surface area (Å²) in [5.74, 6) is 2.36. The van der Waals surface area contributed by atoms with Crippen LogP contribution < -0.4 is 0 Å². The molecule has 2 unspecified atom stereocenters. The van der Waals surface area contributed by atoms with Crippen LogP contribution in [0.2, 0.25) is 11.6 Å². The first-order valence-corrected chi connectivity index (χ1v) is 6.15. The predicted octanol–water partition coefficient (Wildman–Crippen LogP) is 4.63. The molecule has 0 nitrogen and oxygen atoms in total. The Kier molecular flexibility index (Phi) is 4.25. The maximum Gasteiger partial charge on any atom is 0.122 e. The first-order valence-electron chi connectivity index (χ1n) is 6.15. The minimum Gasteiger partial charge on any atom is -0.0998 e. The highest BCUT2D eigenvalue weighted by atomic mass is 14.3. The summed E-state index contributed by atoms with van der Waals surface area (Å²) in [6.45, 7) is 15.3. The molecule has 0 aromatic carbocycles. The van der Waals surface area contributed by atoms with Gasteiger partial charge in [0.1, 0.15) is 7.28 Å². The average Bonchev–Trinajstić information content (AvgIpc) is 2.92. The molecule has 0 N–H and O–H groups in total. The average molecular weight is 203 g/mol. The van der Waals surface area contributed by atoms with Crippen molar-refractivity contribution in [3.8, 4) is 0 Å². The van der Waals surface area contributed by atoms with Crippen LogP contribution >= 0.6 is 0 Å². The molecular weight excluding hydrogens is 179 g/mol. The molecule has 1 aliphatic rings. The lowest BCUT2D eigenvalue weighted by Crippen LogP contribution is -1.93. The summed E-state index contributed by atoms with van der Waals surface area (Å²) in [5.41, 5.74) is 4.51. The molecule has 1 rings (SSSR count). The predicted molar refractivity (Wildman–Crippen MR) is 70.5 cm³/mol. The number of hydrogen-bond acceptors (Lipinski definition) is 0.